The fourth-order valence-electron chi connectivity index (χ4n) is 12.5. The second-order valence-corrected chi connectivity index (χ2v) is 19.5. The third-order valence-electron chi connectivity index (χ3n) is 15.2. The molecule has 0 bridgehead atoms. The van der Waals surface area contributed by atoms with Crippen LogP contribution < -0.4 is 20.6 Å². The Bertz CT molecular complexity index is 3860. The Labute approximate surface area is 388 Å². The molecule has 11 aromatic rings. The lowest BCUT2D eigenvalue weighted by atomic mass is 9.42. The molecule has 0 spiro atoms. The van der Waals surface area contributed by atoms with Crippen LogP contribution in [0.5, 0.6) is 0 Å². The molecule has 0 fully saturated rings. The highest BCUT2D eigenvalue weighted by Gasteiger charge is 2.56. The second-order valence-electron chi connectivity index (χ2n) is 18.4. The highest BCUT2D eigenvalue weighted by atomic mass is 32.1. The topological polar surface area (TPSA) is 6.48 Å². The normalized spacial score (nSPS) is 15.6. The van der Waals surface area contributed by atoms with Crippen molar-refractivity contribution in [3.05, 3.63) is 235 Å². The molecule has 15 rings (SSSR count). The molecular formula is C62H39BN2S. The van der Waals surface area contributed by atoms with E-state index in [0.717, 1.165) is 0 Å². The lowest BCUT2D eigenvalue weighted by Gasteiger charge is -2.51. The van der Waals surface area contributed by atoms with Gasteiger partial charge in [0.05, 0.1) is 16.1 Å². The summed E-state index contributed by atoms with van der Waals surface area (Å²) in [6.07, 6.45) is 0. The minimum atomic E-state index is -0.412. The highest BCUT2D eigenvalue weighted by molar-refractivity contribution is 7.26. The molecule has 0 saturated heterocycles. The van der Waals surface area contributed by atoms with Crippen LogP contribution in [0.15, 0.2) is 218 Å². The maximum atomic E-state index is 2.74. The summed E-state index contributed by atoms with van der Waals surface area (Å²) >= 11 is 1.92. The van der Waals surface area contributed by atoms with Gasteiger partial charge in [-0.2, -0.15) is 0 Å². The minimum Gasteiger partial charge on any atom is -0.375 e. The van der Waals surface area contributed by atoms with Gasteiger partial charge >= 0.3 is 6.85 Å². The van der Waals surface area contributed by atoms with Crippen molar-refractivity contribution in [1.82, 2.24) is 0 Å². The number of para-hydroxylation sites is 2. The molecule has 0 radical (unpaired) electrons. The fourth-order valence-corrected chi connectivity index (χ4v) is 13.7. The zero-order valence-electron chi connectivity index (χ0n) is 36.2. The molecule has 306 valence electrons. The average Bonchev–Trinajstić information content (AvgIpc) is 3.90. The van der Waals surface area contributed by atoms with Gasteiger partial charge in [-0.3, -0.25) is 0 Å². The Kier molecular flexibility index (Phi) is 7.35. The molecule has 1 aromatic heterocycles. The Morgan fingerprint density at radius 2 is 1.03 bits per heavy atom. The Balaban J connectivity index is 1.15. The van der Waals surface area contributed by atoms with E-state index in [0.29, 0.717) is 0 Å². The van der Waals surface area contributed by atoms with E-state index in [4.69, 9.17) is 0 Å². The van der Waals surface area contributed by atoms with Crippen LogP contribution in [0.25, 0.3) is 75.8 Å². The van der Waals surface area contributed by atoms with Gasteiger partial charge in [-0.15, -0.1) is 11.3 Å². The molecular weight excluding hydrogens is 816 g/mol. The molecule has 0 N–H and O–H groups in total. The maximum Gasteiger partial charge on any atom is 0.333 e. The SMILES string of the molecule is CC12c3ccccc3-c3cc4c5c(c31)N(c1c(cccc1-c1ccccc1)B5N(c1cccc3c1sc1ccccc13)c1cc(-c3ccccc3)ccc1-4)c1c(-c3ccccc3)cccc12. The van der Waals surface area contributed by atoms with E-state index in [9.17, 15) is 0 Å². The monoisotopic (exact) mass is 854 g/mol. The number of benzene rings is 10. The number of nitrogens with zero attached hydrogens (tertiary/aromatic N) is 2. The van der Waals surface area contributed by atoms with Crippen molar-refractivity contribution in [2.45, 2.75) is 12.3 Å². The van der Waals surface area contributed by atoms with Crippen LogP contribution in [-0.4, -0.2) is 6.85 Å². The predicted molar refractivity (Wildman–Crippen MR) is 280 cm³/mol. The lowest BCUT2D eigenvalue weighted by molar-refractivity contribution is 0.703. The summed E-state index contributed by atoms with van der Waals surface area (Å²) in [7, 11) is 0. The molecule has 2 nitrogen and oxygen atoms in total. The average molecular weight is 855 g/mol. The number of anilines is 5. The van der Waals surface area contributed by atoms with Crippen LogP contribution in [0.4, 0.5) is 28.4 Å². The van der Waals surface area contributed by atoms with Crippen LogP contribution in [0.1, 0.15) is 23.6 Å². The fraction of sp³-hybridized carbons (Fsp3) is 0.0323. The van der Waals surface area contributed by atoms with Crippen molar-refractivity contribution in [1.29, 1.82) is 0 Å². The Hall–Kier alpha value is -7.92. The first-order chi connectivity index (χ1) is 32.7. The molecule has 1 unspecified atom stereocenters. The van der Waals surface area contributed by atoms with E-state index in [1.807, 2.05) is 11.3 Å². The Morgan fingerprint density at radius 3 is 1.82 bits per heavy atom. The summed E-state index contributed by atoms with van der Waals surface area (Å²) in [5.74, 6) is 0. The van der Waals surface area contributed by atoms with Gasteiger partial charge in [0.25, 0.3) is 0 Å². The number of thiophene rings is 1. The van der Waals surface area contributed by atoms with Crippen molar-refractivity contribution in [3.63, 3.8) is 0 Å². The van der Waals surface area contributed by atoms with Crippen molar-refractivity contribution in [2.24, 2.45) is 0 Å². The number of hydrogen-bond donors (Lipinski definition) is 0. The number of fused-ring (bicyclic) bond motifs is 14. The third kappa shape index (κ3) is 4.66. The third-order valence-corrected chi connectivity index (χ3v) is 16.4. The van der Waals surface area contributed by atoms with Crippen LogP contribution in [0.3, 0.4) is 0 Å². The van der Waals surface area contributed by atoms with E-state index >= 15 is 0 Å². The molecule has 66 heavy (non-hydrogen) atoms. The molecule has 4 heteroatoms. The van der Waals surface area contributed by atoms with Crippen molar-refractivity contribution in [3.8, 4) is 55.6 Å². The van der Waals surface area contributed by atoms with Gasteiger partial charge in [0, 0.05) is 54.6 Å². The minimum absolute atomic E-state index is 0.150. The van der Waals surface area contributed by atoms with Crippen LogP contribution in [0.2, 0.25) is 0 Å². The van der Waals surface area contributed by atoms with E-state index in [1.54, 1.807) is 0 Å². The summed E-state index contributed by atoms with van der Waals surface area (Å²) in [4.78, 5) is 5.48. The first-order valence-corrected chi connectivity index (χ1v) is 23.9. The second kappa shape index (κ2) is 13.3. The molecule has 1 atom stereocenters. The number of rotatable bonds is 4. The molecule has 4 heterocycles. The van der Waals surface area contributed by atoms with E-state index in [1.165, 1.54) is 132 Å². The number of hydrogen-bond acceptors (Lipinski definition) is 3. The summed E-state index contributed by atoms with van der Waals surface area (Å²) in [6.45, 7) is 2.36. The van der Waals surface area contributed by atoms with Crippen LogP contribution in [-0.2, 0) is 5.41 Å². The lowest BCUT2D eigenvalue weighted by Crippen LogP contribution is -2.62. The Morgan fingerprint density at radius 1 is 0.409 bits per heavy atom. The van der Waals surface area contributed by atoms with Gasteiger partial charge in [0.2, 0.25) is 0 Å². The van der Waals surface area contributed by atoms with Gasteiger partial charge in [-0.05, 0) is 97.7 Å². The largest absolute Gasteiger partial charge is 0.375 e. The summed E-state index contributed by atoms with van der Waals surface area (Å²) in [6, 6.07) is 82.2. The zero-order valence-corrected chi connectivity index (χ0v) is 37.0. The molecule has 4 aliphatic rings. The first kappa shape index (κ1) is 36.4. The summed E-state index contributed by atoms with van der Waals surface area (Å²) in [5, 5.41) is 2.61. The van der Waals surface area contributed by atoms with Gasteiger partial charge < -0.3 is 9.71 Å². The van der Waals surface area contributed by atoms with E-state index in [-0.39, 0.29) is 6.85 Å². The zero-order chi connectivity index (χ0) is 43.3. The van der Waals surface area contributed by atoms with Crippen molar-refractivity contribution < 1.29 is 0 Å². The molecule has 0 amide bonds. The summed E-state index contributed by atoms with van der Waals surface area (Å²) in [5.41, 5.74) is 25.2. The smallest absolute Gasteiger partial charge is 0.333 e. The van der Waals surface area contributed by atoms with Crippen molar-refractivity contribution in [2.75, 3.05) is 9.71 Å². The standard InChI is InChI=1S/C62H39BN2S/c1-62-50-29-13-11-24-44(50)48-37-49-45-35-34-41(38-18-5-2-6-19-38)36-54(45)65(53-32-17-28-47-46-25-12-14-33-55(46)66-61(47)53)63-52-31-16-27-43(40-22-9-4-10-23-40)59(52)64(60(56(48)62)57(49)63)58-42(26-15-30-51(58)62)39-20-7-3-8-21-39/h2-37H,1H3. The van der Waals surface area contributed by atoms with Gasteiger partial charge in [-0.1, -0.05) is 194 Å². The highest BCUT2D eigenvalue weighted by Crippen LogP contribution is 2.66. The molecule has 1 aliphatic carbocycles. The van der Waals surface area contributed by atoms with Gasteiger partial charge in [0.15, 0.2) is 0 Å². The summed E-state index contributed by atoms with van der Waals surface area (Å²) < 4.78 is 2.62. The van der Waals surface area contributed by atoms with Crippen LogP contribution >= 0.6 is 11.3 Å². The van der Waals surface area contributed by atoms with E-state index < -0.39 is 5.41 Å². The molecule has 3 aliphatic heterocycles. The van der Waals surface area contributed by atoms with Crippen molar-refractivity contribution >= 4 is 77.7 Å². The first-order valence-electron chi connectivity index (χ1n) is 23.0. The predicted octanol–water partition coefficient (Wildman–Crippen LogP) is 15.4. The molecule has 10 aromatic carbocycles. The molecule has 0 saturated carbocycles. The van der Waals surface area contributed by atoms with Gasteiger partial charge in [0.1, 0.15) is 0 Å². The maximum absolute atomic E-state index is 2.74. The van der Waals surface area contributed by atoms with Gasteiger partial charge in [-0.25, -0.2) is 0 Å². The quantitative estimate of drug-likeness (QED) is 0.163. The van der Waals surface area contributed by atoms with E-state index in [2.05, 4.69) is 235 Å². The van der Waals surface area contributed by atoms with Crippen LogP contribution in [0, 0.1) is 0 Å².